The molecule has 0 bridgehead atoms. The minimum absolute atomic E-state index is 0.208. The van der Waals surface area contributed by atoms with Crippen molar-refractivity contribution in [2.24, 2.45) is 0 Å². The monoisotopic (exact) mass is 235 g/mol. The molecule has 1 heterocycles. The molecule has 2 N–H and O–H groups in total. The molecule has 4 heteroatoms. The molecule has 0 fully saturated rings. The Morgan fingerprint density at radius 1 is 1.18 bits per heavy atom. The van der Waals surface area contributed by atoms with Crippen LogP contribution in [-0.2, 0) is 6.42 Å². The molecule has 1 aromatic heterocycles. The molecule has 0 amide bonds. The van der Waals surface area contributed by atoms with Gasteiger partial charge in [0.05, 0.1) is 14.2 Å². The molecule has 0 saturated heterocycles. The van der Waals surface area contributed by atoms with E-state index in [2.05, 4.69) is 4.98 Å². The van der Waals surface area contributed by atoms with Gasteiger partial charge in [0.1, 0.15) is 0 Å². The van der Waals surface area contributed by atoms with Gasteiger partial charge >= 0.3 is 0 Å². The summed E-state index contributed by atoms with van der Waals surface area (Å²) in [4.78, 5) is 3.21. The summed E-state index contributed by atoms with van der Waals surface area (Å²) in [6, 6.07) is 3.90. The Morgan fingerprint density at radius 3 is 2.53 bits per heavy atom. The second kappa shape index (κ2) is 5.10. The van der Waals surface area contributed by atoms with Crippen LogP contribution in [0.3, 0.4) is 0 Å². The van der Waals surface area contributed by atoms with E-state index < -0.39 is 0 Å². The average molecular weight is 235 g/mol. The van der Waals surface area contributed by atoms with Crippen LogP contribution < -0.4 is 9.47 Å². The number of aliphatic hydroxyl groups excluding tert-OH is 1. The number of benzene rings is 1. The zero-order valence-electron chi connectivity index (χ0n) is 10.1. The zero-order chi connectivity index (χ0) is 12.3. The molecule has 17 heavy (non-hydrogen) atoms. The Hall–Kier alpha value is -1.68. The maximum atomic E-state index is 8.87. The van der Waals surface area contributed by atoms with E-state index >= 15 is 0 Å². The van der Waals surface area contributed by atoms with Crippen molar-refractivity contribution >= 4 is 10.9 Å². The molecule has 0 aliphatic rings. The van der Waals surface area contributed by atoms with E-state index in [0.717, 1.165) is 35.2 Å². The molecular formula is C13H17NO3. The van der Waals surface area contributed by atoms with Crippen molar-refractivity contribution in [1.82, 2.24) is 4.98 Å². The van der Waals surface area contributed by atoms with E-state index in [1.807, 2.05) is 18.3 Å². The van der Waals surface area contributed by atoms with Gasteiger partial charge in [-0.3, -0.25) is 0 Å². The van der Waals surface area contributed by atoms with Crippen LogP contribution in [0.25, 0.3) is 10.9 Å². The smallest absolute Gasteiger partial charge is 0.162 e. The lowest BCUT2D eigenvalue weighted by molar-refractivity contribution is 0.289. The van der Waals surface area contributed by atoms with Crippen LogP contribution >= 0.6 is 0 Å². The molecule has 0 aliphatic heterocycles. The van der Waals surface area contributed by atoms with Gasteiger partial charge in [0.15, 0.2) is 11.5 Å². The van der Waals surface area contributed by atoms with Gasteiger partial charge in [-0.2, -0.15) is 0 Å². The standard InChI is InChI=1S/C13H17NO3/c1-16-12-6-10-9(4-3-5-15)8-14-11(10)7-13(12)17-2/h6-8,14-15H,3-5H2,1-2H3. The van der Waals surface area contributed by atoms with Gasteiger partial charge in [0.2, 0.25) is 0 Å². The van der Waals surface area contributed by atoms with Crippen molar-refractivity contribution in [2.75, 3.05) is 20.8 Å². The van der Waals surface area contributed by atoms with Gasteiger partial charge in [0.25, 0.3) is 0 Å². The molecule has 1 aromatic carbocycles. The summed E-state index contributed by atoms with van der Waals surface area (Å²) >= 11 is 0. The van der Waals surface area contributed by atoms with Crippen LogP contribution in [0.1, 0.15) is 12.0 Å². The normalized spacial score (nSPS) is 10.8. The second-order valence-corrected chi connectivity index (χ2v) is 3.89. The molecule has 0 radical (unpaired) electrons. The highest BCUT2D eigenvalue weighted by Crippen LogP contribution is 2.33. The van der Waals surface area contributed by atoms with E-state index in [0.29, 0.717) is 0 Å². The highest BCUT2D eigenvalue weighted by molar-refractivity contribution is 5.86. The number of aliphatic hydroxyl groups is 1. The van der Waals surface area contributed by atoms with Gasteiger partial charge in [0, 0.05) is 29.8 Å². The van der Waals surface area contributed by atoms with E-state index in [1.165, 1.54) is 5.56 Å². The summed E-state index contributed by atoms with van der Waals surface area (Å²) in [5, 5.41) is 9.99. The number of ether oxygens (including phenoxy) is 2. The van der Waals surface area contributed by atoms with E-state index in [4.69, 9.17) is 14.6 Å². The van der Waals surface area contributed by atoms with Crippen LogP contribution in [0.15, 0.2) is 18.3 Å². The molecule has 0 spiro atoms. The Kier molecular flexibility index (Phi) is 3.54. The number of aromatic amines is 1. The lowest BCUT2D eigenvalue weighted by Crippen LogP contribution is -1.91. The van der Waals surface area contributed by atoms with Gasteiger partial charge in [-0.25, -0.2) is 0 Å². The third kappa shape index (κ3) is 2.22. The fraction of sp³-hybridized carbons (Fsp3) is 0.385. The summed E-state index contributed by atoms with van der Waals surface area (Å²) in [6.45, 7) is 0.208. The lowest BCUT2D eigenvalue weighted by atomic mass is 10.1. The van der Waals surface area contributed by atoms with E-state index in [1.54, 1.807) is 14.2 Å². The van der Waals surface area contributed by atoms with Gasteiger partial charge in [-0.15, -0.1) is 0 Å². The first kappa shape index (κ1) is 11.8. The number of aromatic nitrogens is 1. The molecule has 0 saturated carbocycles. The summed E-state index contributed by atoms with van der Waals surface area (Å²) in [5.41, 5.74) is 2.21. The van der Waals surface area contributed by atoms with E-state index in [-0.39, 0.29) is 6.61 Å². The molecular weight excluding hydrogens is 218 g/mol. The fourth-order valence-corrected chi connectivity index (χ4v) is 1.98. The largest absolute Gasteiger partial charge is 0.493 e. The number of hydrogen-bond donors (Lipinski definition) is 2. The minimum atomic E-state index is 0.208. The number of nitrogens with one attached hydrogen (secondary N) is 1. The molecule has 2 aromatic rings. The second-order valence-electron chi connectivity index (χ2n) is 3.89. The molecule has 2 rings (SSSR count). The van der Waals surface area contributed by atoms with Crippen molar-refractivity contribution in [2.45, 2.75) is 12.8 Å². The molecule has 0 aliphatic carbocycles. The van der Waals surface area contributed by atoms with Crippen molar-refractivity contribution in [3.05, 3.63) is 23.9 Å². The van der Waals surface area contributed by atoms with Crippen LogP contribution in [-0.4, -0.2) is 30.9 Å². The molecule has 4 nitrogen and oxygen atoms in total. The third-order valence-corrected chi connectivity index (χ3v) is 2.88. The number of fused-ring (bicyclic) bond motifs is 1. The Balaban J connectivity index is 2.45. The summed E-state index contributed by atoms with van der Waals surface area (Å²) < 4.78 is 10.5. The molecule has 0 atom stereocenters. The topological polar surface area (TPSA) is 54.5 Å². The Morgan fingerprint density at radius 2 is 1.88 bits per heavy atom. The Labute approximate surface area is 100 Å². The van der Waals surface area contributed by atoms with Crippen molar-refractivity contribution in [1.29, 1.82) is 0 Å². The number of H-pyrrole nitrogens is 1. The summed E-state index contributed by atoms with van der Waals surface area (Å²) in [6.07, 6.45) is 3.59. The van der Waals surface area contributed by atoms with Crippen LogP contribution in [0, 0.1) is 0 Å². The SMILES string of the molecule is COc1cc2[nH]cc(CCCO)c2cc1OC. The number of methoxy groups -OCH3 is 2. The van der Waals surface area contributed by atoms with Crippen molar-refractivity contribution < 1.29 is 14.6 Å². The zero-order valence-corrected chi connectivity index (χ0v) is 10.1. The lowest BCUT2D eigenvalue weighted by Gasteiger charge is -2.07. The highest BCUT2D eigenvalue weighted by Gasteiger charge is 2.10. The van der Waals surface area contributed by atoms with Crippen LogP contribution in [0.2, 0.25) is 0 Å². The highest BCUT2D eigenvalue weighted by atomic mass is 16.5. The van der Waals surface area contributed by atoms with Gasteiger partial charge in [-0.1, -0.05) is 0 Å². The third-order valence-electron chi connectivity index (χ3n) is 2.88. The van der Waals surface area contributed by atoms with Crippen LogP contribution in [0.4, 0.5) is 0 Å². The number of aryl methyl sites for hydroxylation is 1. The molecule has 92 valence electrons. The van der Waals surface area contributed by atoms with Gasteiger partial charge in [-0.05, 0) is 24.5 Å². The van der Waals surface area contributed by atoms with Crippen molar-refractivity contribution in [3.8, 4) is 11.5 Å². The quantitative estimate of drug-likeness (QED) is 0.834. The average Bonchev–Trinajstić information content (AvgIpc) is 2.76. The first-order valence-electron chi connectivity index (χ1n) is 5.63. The maximum Gasteiger partial charge on any atom is 0.162 e. The molecule has 0 unspecified atom stereocenters. The summed E-state index contributed by atoms with van der Waals surface area (Å²) in [5.74, 6) is 1.44. The maximum absolute atomic E-state index is 8.87. The predicted octanol–water partition coefficient (Wildman–Crippen LogP) is 2.11. The van der Waals surface area contributed by atoms with Crippen molar-refractivity contribution in [3.63, 3.8) is 0 Å². The van der Waals surface area contributed by atoms with Crippen LogP contribution in [0.5, 0.6) is 11.5 Å². The first-order valence-corrected chi connectivity index (χ1v) is 5.63. The number of rotatable bonds is 5. The minimum Gasteiger partial charge on any atom is -0.493 e. The Bertz CT molecular complexity index is 505. The summed E-state index contributed by atoms with van der Waals surface area (Å²) in [7, 11) is 3.25. The number of hydrogen-bond acceptors (Lipinski definition) is 3. The first-order chi connectivity index (χ1) is 8.30. The predicted molar refractivity (Wildman–Crippen MR) is 66.8 cm³/mol. The fourth-order valence-electron chi connectivity index (χ4n) is 1.98. The van der Waals surface area contributed by atoms with E-state index in [9.17, 15) is 0 Å². The van der Waals surface area contributed by atoms with Gasteiger partial charge < -0.3 is 19.6 Å².